The normalized spacial score (nSPS) is 19.9. The maximum Gasteiger partial charge on any atom is 0.318 e. The molecule has 4 heterocycles. The standard InChI is InChI=1S/C34H39N5O4/c1-4-24-8-5-9-25-10-6-11-27(32(24)25)30-22-29-28(23-43-30)33(36-34(35-29)42-3)39-20-18-38(19-21-39)31(40)12-7-15-37-16-13-26(41-2)14-17-37/h1,5-12,26,30H,13-23H2,2-3H3/b12-7+. The first-order chi connectivity index (χ1) is 21.1. The van der Waals surface area contributed by atoms with Gasteiger partial charge in [0.25, 0.3) is 0 Å². The fraction of sp³-hybridized carbons (Fsp3) is 0.441. The SMILES string of the molecule is C#Cc1cccc2cccc(C3Cc4nc(OC)nc(N5CCN(C(=O)/C=C/CN6CCC(OC)CC6)CC5)c4CO3)c12. The lowest BCUT2D eigenvalue weighted by molar-refractivity contribution is -0.126. The highest BCUT2D eigenvalue weighted by molar-refractivity contribution is 5.91. The van der Waals surface area contributed by atoms with E-state index >= 15 is 0 Å². The van der Waals surface area contributed by atoms with Gasteiger partial charge in [-0.05, 0) is 29.9 Å². The molecule has 0 bridgehead atoms. The molecule has 0 N–H and O–H groups in total. The van der Waals surface area contributed by atoms with E-state index in [9.17, 15) is 4.79 Å². The minimum absolute atomic E-state index is 0.0568. The number of methoxy groups -OCH3 is 2. The summed E-state index contributed by atoms with van der Waals surface area (Å²) in [5, 5.41) is 2.14. The molecule has 1 aromatic heterocycles. The lowest BCUT2D eigenvalue weighted by Crippen LogP contribution is -2.49. The lowest BCUT2D eigenvalue weighted by Gasteiger charge is -2.37. The summed E-state index contributed by atoms with van der Waals surface area (Å²) < 4.78 is 17.4. The molecule has 1 atom stereocenters. The number of piperidine rings is 1. The van der Waals surface area contributed by atoms with E-state index < -0.39 is 0 Å². The van der Waals surface area contributed by atoms with Gasteiger partial charge in [0, 0.05) is 81.9 Å². The van der Waals surface area contributed by atoms with Crippen molar-refractivity contribution < 1.29 is 19.0 Å². The first-order valence-electron chi connectivity index (χ1n) is 15.1. The third-order valence-corrected chi connectivity index (χ3v) is 8.86. The number of ether oxygens (including phenoxy) is 3. The predicted octanol–water partition coefficient (Wildman–Crippen LogP) is 3.75. The molecule has 2 fully saturated rings. The number of anilines is 1. The third-order valence-electron chi connectivity index (χ3n) is 8.86. The zero-order valence-electron chi connectivity index (χ0n) is 25.0. The van der Waals surface area contributed by atoms with Gasteiger partial charge in [-0.3, -0.25) is 9.69 Å². The second-order valence-corrected chi connectivity index (χ2v) is 11.3. The van der Waals surface area contributed by atoms with Gasteiger partial charge in [-0.2, -0.15) is 9.97 Å². The van der Waals surface area contributed by atoms with Gasteiger partial charge in [-0.1, -0.05) is 42.3 Å². The number of hydrogen-bond donors (Lipinski definition) is 0. The van der Waals surface area contributed by atoms with Crippen molar-refractivity contribution in [2.75, 3.05) is 64.9 Å². The smallest absolute Gasteiger partial charge is 0.318 e. The largest absolute Gasteiger partial charge is 0.467 e. The molecule has 224 valence electrons. The Morgan fingerprint density at radius 3 is 2.56 bits per heavy atom. The summed E-state index contributed by atoms with van der Waals surface area (Å²) in [5.41, 5.74) is 3.82. The van der Waals surface area contributed by atoms with Crippen molar-refractivity contribution in [3.8, 4) is 18.4 Å². The molecule has 0 spiro atoms. The van der Waals surface area contributed by atoms with Gasteiger partial charge in [0.15, 0.2) is 0 Å². The van der Waals surface area contributed by atoms with E-state index in [4.69, 9.17) is 30.6 Å². The fourth-order valence-electron chi connectivity index (χ4n) is 6.42. The molecule has 43 heavy (non-hydrogen) atoms. The van der Waals surface area contributed by atoms with Crippen molar-refractivity contribution in [3.05, 3.63) is 70.9 Å². The lowest BCUT2D eigenvalue weighted by atomic mass is 9.92. The zero-order chi connectivity index (χ0) is 29.8. The van der Waals surface area contributed by atoms with E-state index in [-0.39, 0.29) is 12.0 Å². The third kappa shape index (κ3) is 6.23. The first-order valence-corrected chi connectivity index (χ1v) is 15.1. The Morgan fingerprint density at radius 2 is 1.84 bits per heavy atom. The molecule has 3 aliphatic heterocycles. The van der Waals surface area contributed by atoms with Gasteiger partial charge in [0.2, 0.25) is 5.91 Å². The summed E-state index contributed by atoms with van der Waals surface area (Å²) in [6.45, 7) is 5.78. The predicted molar refractivity (Wildman–Crippen MR) is 166 cm³/mol. The van der Waals surface area contributed by atoms with Crippen LogP contribution in [-0.4, -0.2) is 91.8 Å². The van der Waals surface area contributed by atoms with E-state index in [0.29, 0.717) is 51.3 Å². The molecule has 9 heteroatoms. The maximum absolute atomic E-state index is 12.9. The number of piperazine rings is 1. The van der Waals surface area contributed by atoms with Crippen LogP contribution in [0.15, 0.2) is 48.6 Å². The minimum Gasteiger partial charge on any atom is -0.467 e. The molecule has 0 aliphatic carbocycles. The van der Waals surface area contributed by atoms with Gasteiger partial charge < -0.3 is 24.0 Å². The van der Waals surface area contributed by atoms with Gasteiger partial charge in [-0.25, -0.2) is 0 Å². The van der Waals surface area contributed by atoms with Crippen molar-refractivity contribution in [3.63, 3.8) is 0 Å². The van der Waals surface area contributed by atoms with Crippen LogP contribution >= 0.6 is 0 Å². The Morgan fingerprint density at radius 1 is 1.07 bits per heavy atom. The number of benzene rings is 2. The summed E-state index contributed by atoms with van der Waals surface area (Å²) in [6, 6.07) is 12.6. The molecule has 6 rings (SSSR count). The van der Waals surface area contributed by atoms with Gasteiger partial charge in [0.1, 0.15) is 5.82 Å². The molecule has 9 nitrogen and oxygen atoms in total. The average molecular weight is 582 g/mol. The number of fused-ring (bicyclic) bond motifs is 2. The Labute approximate surface area is 253 Å². The Bertz CT molecular complexity index is 1530. The number of terminal acetylenes is 1. The van der Waals surface area contributed by atoms with Crippen LogP contribution in [0.25, 0.3) is 10.8 Å². The van der Waals surface area contributed by atoms with Gasteiger partial charge in [-0.15, -0.1) is 6.42 Å². The van der Waals surface area contributed by atoms with Crippen molar-refractivity contribution in [2.24, 2.45) is 0 Å². The highest BCUT2D eigenvalue weighted by atomic mass is 16.5. The average Bonchev–Trinajstić information content (AvgIpc) is 3.07. The maximum atomic E-state index is 12.9. The topological polar surface area (TPSA) is 80.3 Å². The number of hydrogen-bond acceptors (Lipinski definition) is 8. The van der Waals surface area contributed by atoms with Crippen LogP contribution in [0, 0.1) is 12.3 Å². The number of carbonyl (C=O) groups is 1. The molecule has 3 aliphatic rings. The van der Waals surface area contributed by atoms with Gasteiger partial charge in [0.05, 0.1) is 31.6 Å². The summed E-state index contributed by atoms with van der Waals surface area (Å²) in [4.78, 5) is 28.9. The number of nitrogens with zero attached hydrogens (tertiary/aromatic N) is 5. The molecule has 3 aromatic rings. The molecule has 0 saturated carbocycles. The molecule has 1 amide bonds. The monoisotopic (exact) mass is 581 g/mol. The summed E-state index contributed by atoms with van der Waals surface area (Å²) in [7, 11) is 3.37. The Hall–Kier alpha value is -3.97. The molecule has 2 saturated heterocycles. The second-order valence-electron chi connectivity index (χ2n) is 11.3. The van der Waals surface area contributed by atoms with Crippen LogP contribution in [0.1, 0.15) is 41.3 Å². The quantitative estimate of drug-likeness (QED) is 0.309. The van der Waals surface area contributed by atoms with Crippen molar-refractivity contribution in [1.82, 2.24) is 19.8 Å². The van der Waals surface area contributed by atoms with Crippen LogP contribution in [-0.2, 0) is 27.3 Å². The van der Waals surface area contributed by atoms with Crippen molar-refractivity contribution >= 4 is 22.5 Å². The highest BCUT2D eigenvalue weighted by Gasteiger charge is 2.31. The zero-order valence-corrected chi connectivity index (χ0v) is 25.0. The van der Waals surface area contributed by atoms with Crippen LogP contribution in [0.4, 0.5) is 5.82 Å². The molecular formula is C34H39N5O4. The number of likely N-dealkylation sites (tertiary alicyclic amines) is 1. The fourth-order valence-corrected chi connectivity index (χ4v) is 6.42. The van der Waals surface area contributed by atoms with E-state index in [0.717, 1.165) is 71.5 Å². The second kappa shape index (κ2) is 13.1. The number of aromatic nitrogens is 2. The molecular weight excluding hydrogens is 542 g/mol. The Balaban J connectivity index is 1.12. The van der Waals surface area contributed by atoms with E-state index in [1.54, 1.807) is 20.3 Å². The summed E-state index contributed by atoms with van der Waals surface area (Å²) >= 11 is 0. The van der Waals surface area contributed by atoms with E-state index in [1.807, 2.05) is 29.2 Å². The summed E-state index contributed by atoms with van der Waals surface area (Å²) in [5.74, 6) is 3.71. The van der Waals surface area contributed by atoms with E-state index in [1.165, 1.54) is 0 Å². The minimum atomic E-state index is -0.189. The van der Waals surface area contributed by atoms with Crippen molar-refractivity contribution in [2.45, 2.75) is 38.1 Å². The number of rotatable bonds is 7. The van der Waals surface area contributed by atoms with Crippen LogP contribution < -0.4 is 9.64 Å². The highest BCUT2D eigenvalue weighted by Crippen LogP contribution is 2.38. The van der Waals surface area contributed by atoms with Crippen LogP contribution in [0.3, 0.4) is 0 Å². The molecule has 0 radical (unpaired) electrons. The molecule has 2 aromatic carbocycles. The first kappa shape index (κ1) is 29.1. The van der Waals surface area contributed by atoms with E-state index in [2.05, 4.69) is 33.9 Å². The van der Waals surface area contributed by atoms with Crippen LogP contribution in [0.5, 0.6) is 6.01 Å². The van der Waals surface area contributed by atoms with Crippen molar-refractivity contribution in [1.29, 1.82) is 0 Å². The number of carbonyl (C=O) groups excluding carboxylic acids is 1. The number of amides is 1. The van der Waals surface area contributed by atoms with Crippen LogP contribution in [0.2, 0.25) is 0 Å². The van der Waals surface area contributed by atoms with Gasteiger partial charge >= 0.3 is 6.01 Å². The Kier molecular flexibility index (Phi) is 8.89. The molecule has 1 unspecified atom stereocenters. The summed E-state index contributed by atoms with van der Waals surface area (Å²) in [6.07, 6.45) is 12.4.